The summed E-state index contributed by atoms with van der Waals surface area (Å²) in [6.45, 7) is 0. The smallest absolute Gasteiger partial charge is 0.0540 e. The Labute approximate surface area is 661 Å². The van der Waals surface area contributed by atoms with Crippen LogP contribution >= 0.6 is 0 Å². The zero-order chi connectivity index (χ0) is 75.2. The third-order valence-corrected chi connectivity index (χ3v) is 23.8. The molecule has 22 rings (SSSR count). The summed E-state index contributed by atoms with van der Waals surface area (Å²) in [5.41, 5.74) is 23.2. The lowest BCUT2D eigenvalue weighted by Crippen LogP contribution is -2.10. The molecule has 530 valence electrons. The van der Waals surface area contributed by atoms with Crippen LogP contribution in [0, 0.1) is 0 Å². The van der Waals surface area contributed by atoms with Crippen LogP contribution in [0.3, 0.4) is 0 Å². The lowest BCUT2D eigenvalue weighted by atomic mass is 9.84. The van der Waals surface area contributed by atoms with E-state index in [1.54, 1.807) is 0 Å². The summed E-state index contributed by atoms with van der Waals surface area (Å²) in [5, 5.41) is 24.4. The Morgan fingerprint density at radius 2 is 0.395 bits per heavy atom. The zero-order valence-corrected chi connectivity index (χ0v) is 62.5. The van der Waals surface area contributed by atoms with Gasteiger partial charge in [-0.15, -0.1) is 0 Å². The third kappa shape index (κ3) is 11.1. The molecule has 0 saturated carbocycles. The van der Waals surface area contributed by atoms with Gasteiger partial charge in [0.25, 0.3) is 0 Å². The van der Waals surface area contributed by atoms with Crippen LogP contribution in [0.2, 0.25) is 0 Å². The molecule has 22 aromatic carbocycles. The molecule has 0 aliphatic rings. The van der Waals surface area contributed by atoms with Crippen molar-refractivity contribution in [3.8, 4) is 77.9 Å². The van der Waals surface area contributed by atoms with Crippen LogP contribution in [0.15, 0.2) is 437 Å². The minimum atomic E-state index is 1.06. The molecule has 0 radical (unpaired) electrons. The van der Waals surface area contributed by atoms with Crippen LogP contribution in [-0.2, 0) is 0 Å². The Morgan fingerprint density at radius 3 is 0.833 bits per heavy atom. The summed E-state index contributed by atoms with van der Waals surface area (Å²) in [4.78, 5) is 4.90. The molecule has 0 fully saturated rings. The van der Waals surface area contributed by atoms with Gasteiger partial charge in [-0.1, -0.05) is 358 Å². The molecule has 0 spiro atoms. The molecular weight excluding hydrogens is 1370 g/mol. The maximum Gasteiger partial charge on any atom is 0.0540 e. The van der Waals surface area contributed by atoms with E-state index in [9.17, 15) is 0 Å². The molecule has 0 amide bonds. The number of rotatable bonds is 13. The van der Waals surface area contributed by atoms with Gasteiger partial charge in [-0.25, -0.2) is 0 Å². The molecule has 114 heavy (non-hydrogen) atoms. The summed E-state index contributed by atoms with van der Waals surface area (Å²) < 4.78 is 0. The highest BCUT2D eigenvalue weighted by molar-refractivity contribution is 6.24. The first kappa shape index (κ1) is 66.1. The fourth-order valence-corrected chi connectivity index (χ4v) is 18.6. The molecule has 0 heterocycles. The standard InChI is InChI=1S/C112H72N2/c1-3-27-76(28-4-1)109-97-41-17-19-43-99(97)111(100-44-20-18-42-98(100)109)78-56-65-85(66-57-78)113(107-50-23-33-73-26-7-12-36-90(73)107)86-67-58-79(59-68-86)112-102-46-22-21-45-101(102)110(77-29-5-2-6-30-77)103-69-60-82(72-106(103)112)89-47-24-49-96-93(89)48-25-51-108(96)114(83-61-52-74(53-62-83)104-70-80-31-8-10-34-87(80)91-37-13-15-39-94(91)104)84-63-54-75(55-64-84)105-71-81-32-9-11-35-88(81)92-38-14-16-40-95(92)105/h1-72H. The molecule has 0 N–H and O–H groups in total. The first-order valence-electron chi connectivity index (χ1n) is 39.4. The van der Waals surface area contributed by atoms with Gasteiger partial charge in [-0.2, -0.15) is 0 Å². The van der Waals surface area contributed by atoms with Crippen LogP contribution in [0.1, 0.15) is 0 Å². The summed E-state index contributed by atoms with van der Waals surface area (Å²) in [6, 6.07) is 162. The molecule has 0 aromatic heterocycles. The summed E-state index contributed by atoms with van der Waals surface area (Å²) >= 11 is 0. The fraction of sp³-hybridized carbons (Fsp3) is 0. The minimum Gasteiger partial charge on any atom is -0.310 e. The van der Waals surface area contributed by atoms with Gasteiger partial charge in [-0.05, 0) is 254 Å². The van der Waals surface area contributed by atoms with Crippen molar-refractivity contribution >= 4 is 142 Å². The number of hydrogen-bond acceptors (Lipinski definition) is 2. The van der Waals surface area contributed by atoms with E-state index in [0.29, 0.717) is 0 Å². The summed E-state index contributed by atoms with van der Waals surface area (Å²) in [7, 11) is 0. The Morgan fingerprint density at radius 1 is 0.123 bits per heavy atom. The van der Waals surface area contributed by atoms with Gasteiger partial charge < -0.3 is 9.80 Å². The summed E-state index contributed by atoms with van der Waals surface area (Å²) in [5.74, 6) is 0. The van der Waals surface area contributed by atoms with E-state index in [2.05, 4.69) is 447 Å². The maximum atomic E-state index is 2.48. The topological polar surface area (TPSA) is 6.48 Å². The van der Waals surface area contributed by atoms with Gasteiger partial charge in [0.1, 0.15) is 0 Å². The summed E-state index contributed by atoms with van der Waals surface area (Å²) in [6.07, 6.45) is 0. The van der Waals surface area contributed by atoms with Crippen LogP contribution in [0.4, 0.5) is 34.1 Å². The van der Waals surface area contributed by atoms with E-state index in [-0.39, 0.29) is 0 Å². The predicted molar refractivity (Wildman–Crippen MR) is 489 cm³/mol. The molecule has 2 nitrogen and oxygen atoms in total. The molecule has 22 aromatic rings. The highest BCUT2D eigenvalue weighted by Crippen LogP contribution is 2.51. The normalized spacial score (nSPS) is 11.7. The molecular formula is C112H72N2. The molecule has 0 aliphatic heterocycles. The number of benzene rings is 22. The second-order valence-corrected chi connectivity index (χ2v) is 30.0. The van der Waals surface area contributed by atoms with Crippen molar-refractivity contribution in [3.63, 3.8) is 0 Å². The molecule has 0 atom stereocenters. The van der Waals surface area contributed by atoms with Crippen molar-refractivity contribution in [1.82, 2.24) is 0 Å². The van der Waals surface area contributed by atoms with E-state index >= 15 is 0 Å². The Balaban J connectivity index is 0.689. The maximum absolute atomic E-state index is 2.48. The van der Waals surface area contributed by atoms with Crippen molar-refractivity contribution in [2.75, 3.05) is 9.80 Å². The van der Waals surface area contributed by atoms with E-state index in [1.807, 2.05) is 0 Å². The van der Waals surface area contributed by atoms with Gasteiger partial charge in [-0.3, -0.25) is 0 Å². The fourth-order valence-electron chi connectivity index (χ4n) is 18.6. The number of nitrogens with zero attached hydrogens (tertiary/aromatic N) is 2. The number of hydrogen-bond donors (Lipinski definition) is 0. The lowest BCUT2D eigenvalue weighted by molar-refractivity contribution is 1.30. The van der Waals surface area contributed by atoms with E-state index < -0.39 is 0 Å². The van der Waals surface area contributed by atoms with Gasteiger partial charge in [0.15, 0.2) is 0 Å². The Kier molecular flexibility index (Phi) is 16.0. The van der Waals surface area contributed by atoms with Crippen LogP contribution in [-0.4, -0.2) is 0 Å². The zero-order valence-electron chi connectivity index (χ0n) is 62.5. The van der Waals surface area contributed by atoms with Gasteiger partial charge >= 0.3 is 0 Å². The first-order valence-corrected chi connectivity index (χ1v) is 39.4. The highest BCUT2D eigenvalue weighted by atomic mass is 15.1. The van der Waals surface area contributed by atoms with Gasteiger partial charge in [0.05, 0.1) is 11.4 Å². The Bertz CT molecular complexity index is 7330. The number of anilines is 6. The van der Waals surface area contributed by atoms with Gasteiger partial charge in [0, 0.05) is 33.5 Å². The second-order valence-electron chi connectivity index (χ2n) is 30.0. The van der Waals surface area contributed by atoms with Crippen LogP contribution in [0.5, 0.6) is 0 Å². The average molecular weight is 1450 g/mol. The van der Waals surface area contributed by atoms with Crippen LogP contribution in [0.25, 0.3) is 186 Å². The second kappa shape index (κ2) is 27.6. The largest absolute Gasteiger partial charge is 0.310 e. The average Bonchev–Trinajstić information content (AvgIpc) is 0.404. The SMILES string of the molecule is c1ccc(-c2c3ccccc3c(-c3ccc(N(c4ccc(-c5c6ccccc6c(-c6ccccc6)c6ccc(-c7cccc8c(N(c9ccc(-c%10cc%11ccccc%11c%11ccccc%10%11)cc9)c9ccc(-c%10cc%11ccccc%11c%11ccccc%10%11)cc9)cccc78)cc56)cc4)c4cccc5ccccc45)cc3)c3ccccc23)cc1. The first-order chi connectivity index (χ1) is 56.6. The highest BCUT2D eigenvalue weighted by Gasteiger charge is 2.25. The monoisotopic (exact) mass is 1440 g/mol. The van der Waals surface area contributed by atoms with Crippen molar-refractivity contribution in [2.24, 2.45) is 0 Å². The predicted octanol–water partition coefficient (Wildman–Crippen LogP) is 31.8. The third-order valence-electron chi connectivity index (χ3n) is 23.8. The molecule has 0 unspecified atom stereocenters. The van der Waals surface area contributed by atoms with E-state index in [1.165, 1.54) is 158 Å². The molecule has 0 bridgehead atoms. The van der Waals surface area contributed by atoms with E-state index in [0.717, 1.165) is 61.6 Å². The molecule has 0 aliphatic carbocycles. The minimum absolute atomic E-state index is 1.06. The van der Waals surface area contributed by atoms with Crippen molar-refractivity contribution in [2.45, 2.75) is 0 Å². The van der Waals surface area contributed by atoms with E-state index in [4.69, 9.17) is 0 Å². The quantitative estimate of drug-likeness (QED) is 0.0838. The molecule has 0 saturated heterocycles. The van der Waals surface area contributed by atoms with Crippen molar-refractivity contribution in [1.29, 1.82) is 0 Å². The van der Waals surface area contributed by atoms with Gasteiger partial charge in [0.2, 0.25) is 0 Å². The van der Waals surface area contributed by atoms with Crippen molar-refractivity contribution < 1.29 is 0 Å². The van der Waals surface area contributed by atoms with Crippen molar-refractivity contribution in [3.05, 3.63) is 437 Å². The van der Waals surface area contributed by atoms with Crippen LogP contribution < -0.4 is 9.80 Å². The lowest BCUT2D eigenvalue weighted by Gasteiger charge is -2.28. The Hall–Kier alpha value is -15.0. The number of fused-ring (bicyclic) bond motifs is 12. The molecule has 2 heteroatoms.